The minimum atomic E-state index is -0.620. The molecule has 2 aromatic heterocycles. The van der Waals surface area contributed by atoms with Crippen LogP contribution in [0, 0.1) is 0 Å². The van der Waals surface area contributed by atoms with Gasteiger partial charge >= 0.3 is 11.7 Å². The summed E-state index contributed by atoms with van der Waals surface area (Å²) in [5.41, 5.74) is -0.406. The Hall–Kier alpha value is -3.47. The number of amides is 3. The van der Waals surface area contributed by atoms with E-state index in [1.165, 1.54) is 18.7 Å². The molecule has 3 rings (SSSR count). The molecule has 3 amide bonds. The number of imide groups is 1. The smallest absolute Gasteiger partial charge is 0.332 e. The number of aryl methyl sites for hydroxylation is 1. The van der Waals surface area contributed by atoms with Crippen LogP contribution in [0.3, 0.4) is 0 Å². The summed E-state index contributed by atoms with van der Waals surface area (Å²) in [6.07, 6.45) is 0. The molecular formula is C22H26N6O4S. The lowest BCUT2D eigenvalue weighted by Crippen LogP contribution is -2.40. The van der Waals surface area contributed by atoms with Crippen LogP contribution in [0.15, 0.2) is 44.9 Å². The predicted molar refractivity (Wildman–Crippen MR) is 126 cm³/mol. The van der Waals surface area contributed by atoms with Gasteiger partial charge in [-0.1, -0.05) is 62.9 Å². The van der Waals surface area contributed by atoms with E-state index in [9.17, 15) is 19.2 Å². The van der Waals surface area contributed by atoms with E-state index in [0.717, 1.165) is 21.9 Å². The van der Waals surface area contributed by atoms with E-state index in [2.05, 4.69) is 20.6 Å². The molecule has 2 heterocycles. The molecule has 0 bridgehead atoms. The summed E-state index contributed by atoms with van der Waals surface area (Å²) in [6, 6.07) is 8.68. The molecule has 1 aromatic carbocycles. The topological polar surface area (TPSA) is 128 Å². The number of carbonyl (C=O) groups excluding carboxylic acids is 2. The van der Waals surface area contributed by atoms with Crippen LogP contribution < -0.4 is 21.9 Å². The van der Waals surface area contributed by atoms with E-state index in [4.69, 9.17) is 0 Å². The number of nitrogens with zero attached hydrogens (tertiary/aromatic N) is 4. The van der Waals surface area contributed by atoms with Crippen molar-refractivity contribution in [3.63, 3.8) is 0 Å². The molecule has 0 aliphatic heterocycles. The van der Waals surface area contributed by atoms with Crippen molar-refractivity contribution >= 4 is 34.7 Å². The van der Waals surface area contributed by atoms with Crippen molar-refractivity contribution in [2.45, 2.75) is 37.8 Å². The Bertz CT molecular complexity index is 1330. The van der Waals surface area contributed by atoms with E-state index in [1.807, 2.05) is 51.1 Å². The Morgan fingerprint density at radius 2 is 1.70 bits per heavy atom. The maximum atomic E-state index is 12.8. The second-order valence-corrected chi connectivity index (χ2v) is 9.48. The van der Waals surface area contributed by atoms with E-state index < -0.39 is 28.6 Å². The molecule has 0 radical (unpaired) electrons. The van der Waals surface area contributed by atoms with Gasteiger partial charge in [0, 0.05) is 26.1 Å². The Kier molecular flexibility index (Phi) is 7.01. The average Bonchev–Trinajstić information content (AvgIpc) is 2.78. The van der Waals surface area contributed by atoms with Gasteiger partial charge in [-0.05, 0) is 5.56 Å². The van der Waals surface area contributed by atoms with Gasteiger partial charge in [-0.25, -0.2) is 19.6 Å². The molecule has 2 N–H and O–H groups in total. The highest BCUT2D eigenvalue weighted by atomic mass is 32.2. The number of carbonyl (C=O) groups is 2. The van der Waals surface area contributed by atoms with Crippen LogP contribution in [0.1, 0.15) is 32.2 Å². The summed E-state index contributed by atoms with van der Waals surface area (Å²) < 4.78 is 2.26. The first-order valence-electron chi connectivity index (χ1n) is 10.2. The van der Waals surface area contributed by atoms with Gasteiger partial charge in [0.15, 0.2) is 5.65 Å². The second kappa shape index (κ2) is 9.57. The van der Waals surface area contributed by atoms with Gasteiger partial charge in [0.25, 0.3) is 5.56 Å². The summed E-state index contributed by atoms with van der Waals surface area (Å²) in [7, 11) is 2.90. The Morgan fingerprint density at radius 1 is 1.03 bits per heavy atom. The molecule has 0 spiro atoms. The zero-order valence-electron chi connectivity index (χ0n) is 19.1. The summed E-state index contributed by atoms with van der Waals surface area (Å²) in [5, 5.41) is 5.32. The molecule has 0 fully saturated rings. The molecule has 0 saturated heterocycles. The largest absolute Gasteiger partial charge is 0.334 e. The number of fused-ring (bicyclic) bond motifs is 1. The molecule has 3 aromatic rings. The lowest BCUT2D eigenvalue weighted by molar-refractivity contribution is -0.117. The van der Waals surface area contributed by atoms with Crippen LogP contribution in [-0.4, -0.2) is 36.8 Å². The summed E-state index contributed by atoms with van der Waals surface area (Å²) in [6.45, 7) is 6.01. The van der Waals surface area contributed by atoms with Gasteiger partial charge < -0.3 is 5.32 Å². The number of hydrogen-bond acceptors (Lipinski definition) is 7. The van der Waals surface area contributed by atoms with Crippen molar-refractivity contribution in [1.29, 1.82) is 0 Å². The third-order valence-corrected chi connectivity index (χ3v) is 5.80. The zero-order chi connectivity index (χ0) is 24.3. The highest BCUT2D eigenvalue weighted by Crippen LogP contribution is 2.26. The number of rotatable bonds is 5. The first-order valence-corrected chi connectivity index (χ1v) is 11.2. The minimum absolute atomic E-state index is 0.152. The van der Waals surface area contributed by atoms with Gasteiger partial charge in [0.2, 0.25) is 5.91 Å². The van der Waals surface area contributed by atoms with Gasteiger partial charge in [0.05, 0.1) is 5.75 Å². The van der Waals surface area contributed by atoms with E-state index >= 15 is 0 Å². The number of thioether (sulfide) groups is 1. The quantitative estimate of drug-likeness (QED) is 0.427. The molecule has 174 valence electrons. The SMILES string of the molecule is Cn1c(=O)c2c(SCC(=O)NC(=O)NCc3ccccc3)nc(C(C)(C)C)nc2n(C)c1=O. The zero-order valence-corrected chi connectivity index (χ0v) is 19.9. The van der Waals surface area contributed by atoms with Crippen LogP contribution in [0.2, 0.25) is 0 Å². The normalized spacial score (nSPS) is 11.4. The lowest BCUT2D eigenvalue weighted by Gasteiger charge is -2.19. The minimum Gasteiger partial charge on any atom is -0.334 e. The molecule has 0 unspecified atom stereocenters. The van der Waals surface area contributed by atoms with Crippen LogP contribution in [-0.2, 0) is 30.8 Å². The van der Waals surface area contributed by atoms with E-state index in [0.29, 0.717) is 5.82 Å². The molecule has 10 nitrogen and oxygen atoms in total. The van der Waals surface area contributed by atoms with Gasteiger partial charge in [-0.3, -0.25) is 24.0 Å². The monoisotopic (exact) mass is 470 g/mol. The standard InChI is InChI=1S/C22H26N6O4S/c1-22(2,3)19-25-16-15(18(30)28(5)21(32)27(16)4)17(26-19)33-12-14(29)24-20(31)23-11-13-9-7-6-8-10-13/h6-10H,11-12H2,1-5H3,(H2,23,24,29,31). The van der Waals surface area contributed by atoms with E-state index in [1.54, 1.807) is 0 Å². The predicted octanol–water partition coefficient (Wildman–Crippen LogP) is 1.44. The van der Waals surface area contributed by atoms with Crippen molar-refractivity contribution < 1.29 is 9.59 Å². The highest BCUT2D eigenvalue weighted by Gasteiger charge is 2.24. The molecule has 0 saturated carbocycles. The Labute approximate surface area is 194 Å². The van der Waals surface area contributed by atoms with Gasteiger partial charge in [-0.15, -0.1) is 0 Å². The number of aromatic nitrogens is 4. The maximum Gasteiger partial charge on any atom is 0.332 e. The van der Waals surface area contributed by atoms with Gasteiger partial charge in [-0.2, -0.15) is 0 Å². The summed E-state index contributed by atoms with van der Waals surface area (Å²) in [5.74, 6) is -0.265. The van der Waals surface area contributed by atoms with Crippen molar-refractivity contribution in [2.24, 2.45) is 14.1 Å². The van der Waals surface area contributed by atoms with Crippen LogP contribution >= 0.6 is 11.8 Å². The van der Waals surface area contributed by atoms with Crippen molar-refractivity contribution in [2.75, 3.05) is 5.75 Å². The Morgan fingerprint density at radius 3 is 2.33 bits per heavy atom. The van der Waals surface area contributed by atoms with Crippen molar-refractivity contribution in [3.05, 3.63) is 62.6 Å². The molecule has 11 heteroatoms. The maximum absolute atomic E-state index is 12.8. The molecular weight excluding hydrogens is 444 g/mol. The average molecular weight is 471 g/mol. The molecule has 0 atom stereocenters. The van der Waals surface area contributed by atoms with Crippen LogP contribution in [0.4, 0.5) is 4.79 Å². The van der Waals surface area contributed by atoms with Crippen LogP contribution in [0.5, 0.6) is 0 Å². The third-order valence-electron chi connectivity index (χ3n) is 4.83. The summed E-state index contributed by atoms with van der Waals surface area (Å²) >= 11 is 1.01. The van der Waals surface area contributed by atoms with Gasteiger partial charge in [0.1, 0.15) is 16.2 Å². The summed E-state index contributed by atoms with van der Waals surface area (Å²) in [4.78, 5) is 58.6. The molecule has 33 heavy (non-hydrogen) atoms. The fourth-order valence-electron chi connectivity index (χ4n) is 2.99. The van der Waals surface area contributed by atoms with Crippen molar-refractivity contribution in [3.8, 4) is 0 Å². The first kappa shape index (κ1) is 24.2. The number of hydrogen-bond donors (Lipinski definition) is 2. The number of benzene rings is 1. The molecule has 0 aliphatic rings. The lowest BCUT2D eigenvalue weighted by atomic mass is 9.96. The number of nitrogens with one attached hydrogen (secondary N) is 2. The number of urea groups is 1. The second-order valence-electron chi connectivity index (χ2n) is 8.51. The fourth-order valence-corrected chi connectivity index (χ4v) is 3.80. The fraction of sp³-hybridized carbons (Fsp3) is 0.364. The highest BCUT2D eigenvalue weighted by molar-refractivity contribution is 8.00. The first-order chi connectivity index (χ1) is 15.5. The Balaban J connectivity index is 1.81. The van der Waals surface area contributed by atoms with E-state index in [-0.39, 0.29) is 28.4 Å². The van der Waals surface area contributed by atoms with Crippen LogP contribution in [0.25, 0.3) is 11.0 Å². The third kappa shape index (κ3) is 5.48. The molecule has 0 aliphatic carbocycles. The van der Waals surface area contributed by atoms with Crippen molar-refractivity contribution in [1.82, 2.24) is 29.7 Å².